The van der Waals surface area contributed by atoms with E-state index in [1.165, 1.54) is 11.1 Å². The molecule has 0 aliphatic carbocycles. The Hall–Kier alpha value is -2.66. The Labute approximate surface area is 179 Å². The van der Waals surface area contributed by atoms with Crippen LogP contribution in [-0.4, -0.2) is 41.1 Å². The van der Waals surface area contributed by atoms with E-state index in [9.17, 15) is 4.79 Å². The first kappa shape index (κ1) is 22.0. The van der Waals surface area contributed by atoms with E-state index in [0.29, 0.717) is 5.92 Å². The zero-order chi connectivity index (χ0) is 21.7. The van der Waals surface area contributed by atoms with Gasteiger partial charge in [-0.15, -0.1) is 0 Å². The van der Waals surface area contributed by atoms with Crippen LogP contribution >= 0.6 is 0 Å². The van der Waals surface area contributed by atoms with Crippen molar-refractivity contribution in [2.75, 3.05) is 14.1 Å². The minimum Gasteiger partial charge on any atom is -0.369 e. The maximum Gasteiger partial charge on any atom is 0.221 e. The zero-order valence-electron chi connectivity index (χ0n) is 18.5. The summed E-state index contributed by atoms with van der Waals surface area (Å²) in [5.41, 5.74) is 9.46. The number of carbonyl (C=O) groups is 1. The van der Waals surface area contributed by atoms with Crippen LogP contribution in [-0.2, 0) is 11.2 Å². The van der Waals surface area contributed by atoms with Gasteiger partial charge < -0.3 is 10.6 Å². The second kappa shape index (κ2) is 9.90. The van der Waals surface area contributed by atoms with Crippen LogP contribution in [0.1, 0.15) is 43.7 Å². The lowest BCUT2D eigenvalue weighted by Crippen LogP contribution is -2.38. The quantitative estimate of drug-likeness (QED) is 0.525. The van der Waals surface area contributed by atoms with Crippen molar-refractivity contribution in [3.8, 4) is 0 Å². The molecule has 3 atom stereocenters. The number of aromatic nitrogens is 2. The molecule has 0 saturated heterocycles. The van der Waals surface area contributed by atoms with E-state index in [0.717, 1.165) is 30.2 Å². The van der Waals surface area contributed by atoms with Crippen LogP contribution in [0.2, 0.25) is 0 Å². The maximum absolute atomic E-state index is 12.6. The fourth-order valence-electron chi connectivity index (χ4n) is 4.38. The second-order valence-corrected chi connectivity index (χ2v) is 9.00. The molecule has 0 fully saturated rings. The fraction of sp³-hybridized carbons (Fsp3) is 0.440. The van der Waals surface area contributed by atoms with E-state index >= 15 is 0 Å². The first-order chi connectivity index (χ1) is 14.3. The molecule has 1 heterocycles. The van der Waals surface area contributed by atoms with Crippen molar-refractivity contribution in [1.82, 2.24) is 15.1 Å². The summed E-state index contributed by atoms with van der Waals surface area (Å²) in [6.45, 7) is 4.41. The Kier molecular flexibility index (Phi) is 7.27. The average Bonchev–Trinajstić information content (AvgIpc) is 3.17. The highest BCUT2D eigenvalue weighted by atomic mass is 16.1. The van der Waals surface area contributed by atoms with Crippen molar-refractivity contribution in [1.29, 1.82) is 0 Å². The molecule has 3 rings (SSSR count). The molecule has 1 aromatic heterocycles. The molecular formula is C25H34N4O. The molecule has 5 nitrogen and oxygen atoms in total. The Morgan fingerprint density at radius 3 is 2.47 bits per heavy atom. The van der Waals surface area contributed by atoms with Gasteiger partial charge in [-0.1, -0.05) is 50.2 Å². The van der Waals surface area contributed by atoms with Crippen molar-refractivity contribution >= 4 is 16.8 Å². The number of hydrogen-bond acceptors (Lipinski definition) is 3. The van der Waals surface area contributed by atoms with Crippen LogP contribution in [0, 0.1) is 11.8 Å². The Bertz CT molecular complexity index is 948. The smallest absolute Gasteiger partial charge is 0.221 e. The highest BCUT2D eigenvalue weighted by molar-refractivity contribution is 5.79. The first-order valence-corrected chi connectivity index (χ1v) is 10.8. The summed E-state index contributed by atoms with van der Waals surface area (Å²) in [6.07, 6.45) is 4.39. The van der Waals surface area contributed by atoms with E-state index in [2.05, 4.69) is 73.4 Å². The number of hydrogen-bond donors (Lipinski definition) is 2. The molecule has 160 valence electrons. The third-order valence-electron chi connectivity index (χ3n) is 6.04. The molecule has 0 spiro atoms. The predicted molar refractivity (Wildman–Crippen MR) is 123 cm³/mol. The molecule has 5 heteroatoms. The summed E-state index contributed by atoms with van der Waals surface area (Å²) < 4.78 is 0. The monoisotopic (exact) mass is 406 g/mol. The number of nitrogens with zero attached hydrogens (tertiary/aromatic N) is 2. The lowest BCUT2D eigenvalue weighted by molar-refractivity contribution is -0.123. The molecule has 3 N–H and O–H groups in total. The zero-order valence-corrected chi connectivity index (χ0v) is 18.5. The number of benzene rings is 2. The van der Waals surface area contributed by atoms with Crippen LogP contribution in [0.25, 0.3) is 10.9 Å². The van der Waals surface area contributed by atoms with E-state index in [1.807, 2.05) is 24.4 Å². The number of carbonyl (C=O) groups excluding carboxylic acids is 1. The average molecular weight is 407 g/mol. The Balaban J connectivity index is 1.85. The molecular weight excluding hydrogens is 372 g/mol. The number of nitrogens with two attached hydrogens (primary N) is 1. The summed E-state index contributed by atoms with van der Waals surface area (Å²) in [7, 11) is 4.16. The van der Waals surface area contributed by atoms with Crippen LogP contribution < -0.4 is 5.73 Å². The third kappa shape index (κ3) is 5.48. The molecule has 2 aromatic carbocycles. The highest BCUT2D eigenvalue weighted by Crippen LogP contribution is 2.35. The predicted octanol–water partition coefficient (Wildman–Crippen LogP) is 4.36. The van der Waals surface area contributed by atoms with Crippen molar-refractivity contribution in [2.24, 2.45) is 17.6 Å². The summed E-state index contributed by atoms with van der Waals surface area (Å²) in [6, 6.07) is 17.0. The Morgan fingerprint density at radius 1 is 1.10 bits per heavy atom. The highest BCUT2D eigenvalue weighted by Gasteiger charge is 2.31. The van der Waals surface area contributed by atoms with Crippen molar-refractivity contribution in [3.63, 3.8) is 0 Å². The van der Waals surface area contributed by atoms with Gasteiger partial charge in [0.15, 0.2) is 0 Å². The Morgan fingerprint density at radius 2 is 1.83 bits per heavy atom. The van der Waals surface area contributed by atoms with Crippen LogP contribution in [0.15, 0.2) is 54.7 Å². The molecule has 0 radical (unpaired) electrons. The number of rotatable bonds is 10. The topological polar surface area (TPSA) is 75.0 Å². The summed E-state index contributed by atoms with van der Waals surface area (Å²) in [4.78, 5) is 14.9. The van der Waals surface area contributed by atoms with Crippen LogP contribution in [0.3, 0.4) is 0 Å². The molecule has 3 aromatic rings. The number of primary amides is 1. The van der Waals surface area contributed by atoms with Gasteiger partial charge in [-0.05, 0) is 68.5 Å². The number of fused-ring (bicyclic) bond motifs is 1. The number of amides is 1. The standard InChI is InChI=1S/C25H34N4O/c1-17(2)12-22(19-8-6-5-7-9-19)23(25(26)30)15-21(29(3)4)14-18-10-11-24-20(13-18)16-27-28-24/h5-11,13,16-17,21-23H,12,14-15H2,1-4H3,(H2,26,30)(H,27,28)/t21-,22?,23?/m1/s1. The molecule has 2 unspecified atom stereocenters. The summed E-state index contributed by atoms with van der Waals surface area (Å²) in [5, 5.41) is 8.23. The van der Waals surface area contributed by atoms with Gasteiger partial charge in [0.1, 0.15) is 0 Å². The molecule has 0 saturated carbocycles. The van der Waals surface area contributed by atoms with Crippen molar-refractivity contribution in [2.45, 2.75) is 45.1 Å². The SMILES string of the molecule is CC(C)CC(c1ccccc1)C(C[C@@H](Cc1ccc2[nH]ncc2c1)N(C)C)C(N)=O. The van der Waals surface area contributed by atoms with E-state index in [4.69, 9.17) is 5.73 Å². The third-order valence-corrected chi connectivity index (χ3v) is 6.04. The minimum absolute atomic E-state index is 0.127. The number of H-pyrrole nitrogens is 1. The maximum atomic E-state index is 12.6. The molecule has 1 amide bonds. The number of likely N-dealkylation sites (N-methyl/N-ethyl adjacent to an activating group) is 1. The lowest BCUT2D eigenvalue weighted by atomic mass is 9.76. The van der Waals surface area contributed by atoms with Gasteiger partial charge in [0.05, 0.1) is 11.7 Å². The summed E-state index contributed by atoms with van der Waals surface area (Å²) in [5.74, 6) is 0.197. The van der Waals surface area contributed by atoms with Gasteiger partial charge in [0, 0.05) is 17.3 Å². The van der Waals surface area contributed by atoms with E-state index < -0.39 is 0 Å². The van der Waals surface area contributed by atoms with Gasteiger partial charge in [-0.2, -0.15) is 5.10 Å². The number of aromatic amines is 1. The normalized spacial score (nSPS) is 14.9. The first-order valence-electron chi connectivity index (χ1n) is 10.8. The fourth-order valence-corrected chi connectivity index (χ4v) is 4.38. The van der Waals surface area contributed by atoms with Gasteiger partial charge in [-0.3, -0.25) is 9.89 Å². The molecule has 0 aliphatic rings. The van der Waals surface area contributed by atoms with E-state index in [-0.39, 0.29) is 23.8 Å². The van der Waals surface area contributed by atoms with Gasteiger partial charge in [0.2, 0.25) is 5.91 Å². The lowest BCUT2D eigenvalue weighted by Gasteiger charge is -2.33. The summed E-state index contributed by atoms with van der Waals surface area (Å²) >= 11 is 0. The van der Waals surface area contributed by atoms with E-state index in [1.54, 1.807) is 0 Å². The van der Waals surface area contributed by atoms with Gasteiger partial charge in [0.25, 0.3) is 0 Å². The molecule has 0 aliphatic heterocycles. The van der Waals surface area contributed by atoms with Crippen LogP contribution in [0.5, 0.6) is 0 Å². The molecule has 0 bridgehead atoms. The second-order valence-electron chi connectivity index (χ2n) is 9.00. The van der Waals surface area contributed by atoms with Gasteiger partial charge in [-0.25, -0.2) is 0 Å². The van der Waals surface area contributed by atoms with Gasteiger partial charge >= 0.3 is 0 Å². The molecule has 30 heavy (non-hydrogen) atoms. The largest absolute Gasteiger partial charge is 0.369 e. The van der Waals surface area contributed by atoms with Crippen LogP contribution in [0.4, 0.5) is 0 Å². The van der Waals surface area contributed by atoms with Crippen molar-refractivity contribution in [3.05, 3.63) is 65.9 Å². The van der Waals surface area contributed by atoms with Crippen molar-refractivity contribution < 1.29 is 4.79 Å². The minimum atomic E-state index is -0.208. The number of nitrogens with one attached hydrogen (secondary N) is 1.